The number of aromatic nitrogens is 1. The molecule has 3 heterocycles. The fraction of sp³-hybridized carbons (Fsp3) is 0.400. The van der Waals surface area contributed by atoms with Crippen molar-refractivity contribution in [2.75, 3.05) is 23.3 Å². The van der Waals surface area contributed by atoms with E-state index in [0.29, 0.717) is 18.7 Å². The monoisotopic (exact) mass is 352 g/mol. The van der Waals surface area contributed by atoms with Crippen LogP contribution in [0.25, 0.3) is 0 Å². The van der Waals surface area contributed by atoms with Gasteiger partial charge in [0.05, 0.1) is 17.9 Å². The van der Waals surface area contributed by atoms with Crippen molar-refractivity contribution in [3.63, 3.8) is 0 Å². The van der Waals surface area contributed by atoms with Crippen LogP contribution in [0.5, 0.6) is 0 Å². The van der Waals surface area contributed by atoms with Crippen molar-refractivity contribution in [3.8, 4) is 0 Å². The van der Waals surface area contributed by atoms with Gasteiger partial charge in [-0.3, -0.25) is 14.5 Å². The summed E-state index contributed by atoms with van der Waals surface area (Å²) in [5, 5.41) is 2.91. The Kier molecular flexibility index (Phi) is 4.28. The topological polar surface area (TPSA) is 57.6 Å². The zero-order valence-corrected chi connectivity index (χ0v) is 15.2. The van der Waals surface area contributed by atoms with Gasteiger partial charge in [0, 0.05) is 43.5 Å². The Morgan fingerprint density at radius 1 is 1.15 bits per heavy atom. The summed E-state index contributed by atoms with van der Waals surface area (Å²) in [4.78, 5) is 29.3. The molecule has 1 aromatic carbocycles. The van der Waals surface area contributed by atoms with Crippen LogP contribution in [0.3, 0.4) is 0 Å². The maximum atomic E-state index is 13.2. The van der Waals surface area contributed by atoms with E-state index in [0.717, 1.165) is 18.8 Å². The van der Waals surface area contributed by atoms with E-state index in [2.05, 4.69) is 40.0 Å². The van der Waals surface area contributed by atoms with E-state index in [1.165, 1.54) is 5.69 Å². The summed E-state index contributed by atoms with van der Waals surface area (Å²) in [5.41, 5.74) is 2.73. The minimum atomic E-state index is -0.171. The van der Waals surface area contributed by atoms with Gasteiger partial charge in [0.15, 0.2) is 0 Å². The Balaban J connectivity index is 1.59. The predicted octanol–water partition coefficient (Wildman–Crippen LogP) is 2.63. The number of amides is 2. The molecule has 136 valence electrons. The molecule has 0 aliphatic carbocycles. The quantitative estimate of drug-likeness (QED) is 0.904. The number of carbonyl (C=O) groups excluding carboxylic acids is 2. The number of nitrogens with one attached hydrogen (secondary N) is 1. The second kappa shape index (κ2) is 6.61. The van der Waals surface area contributed by atoms with Crippen LogP contribution in [0.2, 0.25) is 0 Å². The molecule has 0 saturated heterocycles. The summed E-state index contributed by atoms with van der Waals surface area (Å²) in [7, 11) is 0. The van der Waals surface area contributed by atoms with Gasteiger partial charge in [-0.1, -0.05) is 12.1 Å². The SMILES string of the molecule is CC1c2cccn2CCN1CC(=O)N1c2ccccc2NC(=O)CC1C. The van der Waals surface area contributed by atoms with Gasteiger partial charge in [-0.25, -0.2) is 0 Å². The van der Waals surface area contributed by atoms with E-state index in [1.54, 1.807) is 4.90 Å². The molecule has 2 amide bonds. The van der Waals surface area contributed by atoms with Gasteiger partial charge >= 0.3 is 0 Å². The van der Waals surface area contributed by atoms with Crippen LogP contribution in [-0.2, 0) is 16.1 Å². The molecule has 1 N–H and O–H groups in total. The number of carbonyl (C=O) groups is 2. The molecule has 6 heteroatoms. The molecular formula is C20H24N4O2. The largest absolute Gasteiger partial charge is 0.349 e. The lowest BCUT2D eigenvalue weighted by atomic mass is 10.1. The van der Waals surface area contributed by atoms with Crippen molar-refractivity contribution in [1.82, 2.24) is 9.47 Å². The van der Waals surface area contributed by atoms with Crippen LogP contribution in [0.15, 0.2) is 42.6 Å². The number of hydrogen-bond donors (Lipinski definition) is 1. The van der Waals surface area contributed by atoms with E-state index < -0.39 is 0 Å². The first-order chi connectivity index (χ1) is 12.5. The number of rotatable bonds is 2. The molecule has 0 bridgehead atoms. The van der Waals surface area contributed by atoms with Crippen LogP contribution >= 0.6 is 0 Å². The summed E-state index contributed by atoms with van der Waals surface area (Å²) in [6, 6.07) is 11.7. The molecule has 26 heavy (non-hydrogen) atoms. The fourth-order valence-electron chi connectivity index (χ4n) is 4.06. The molecule has 4 rings (SSSR count). The Hall–Kier alpha value is -2.60. The summed E-state index contributed by atoms with van der Waals surface area (Å²) >= 11 is 0. The lowest BCUT2D eigenvalue weighted by Crippen LogP contribution is -2.47. The molecule has 2 aromatic rings. The summed E-state index contributed by atoms with van der Waals surface area (Å²) in [6.45, 7) is 6.16. The fourth-order valence-corrected chi connectivity index (χ4v) is 4.06. The molecule has 1 aromatic heterocycles. The Morgan fingerprint density at radius 3 is 2.81 bits per heavy atom. The molecule has 2 atom stereocenters. The summed E-state index contributed by atoms with van der Waals surface area (Å²) in [5.74, 6) is -0.0160. The maximum Gasteiger partial charge on any atom is 0.241 e. The number of nitrogens with zero attached hydrogens (tertiary/aromatic N) is 3. The minimum absolute atomic E-state index is 0.0355. The van der Waals surface area contributed by atoms with Gasteiger partial charge in [0.25, 0.3) is 0 Å². The van der Waals surface area contributed by atoms with Crippen LogP contribution in [0.1, 0.15) is 32.0 Å². The highest BCUT2D eigenvalue weighted by Crippen LogP contribution is 2.32. The van der Waals surface area contributed by atoms with Crippen molar-refractivity contribution in [2.24, 2.45) is 0 Å². The van der Waals surface area contributed by atoms with Gasteiger partial charge in [-0.15, -0.1) is 0 Å². The zero-order chi connectivity index (χ0) is 18.3. The normalized spacial score (nSPS) is 23.0. The van der Waals surface area contributed by atoms with E-state index in [4.69, 9.17) is 0 Å². The van der Waals surface area contributed by atoms with Crippen molar-refractivity contribution >= 4 is 23.2 Å². The average Bonchev–Trinajstić information content (AvgIpc) is 3.03. The van der Waals surface area contributed by atoms with E-state index in [1.807, 2.05) is 31.2 Å². The molecule has 6 nitrogen and oxygen atoms in total. The number of benzene rings is 1. The van der Waals surface area contributed by atoms with Crippen molar-refractivity contribution in [1.29, 1.82) is 0 Å². The van der Waals surface area contributed by atoms with Crippen molar-refractivity contribution in [2.45, 2.75) is 38.9 Å². The van der Waals surface area contributed by atoms with Gasteiger partial charge in [-0.05, 0) is 38.1 Å². The molecule has 2 unspecified atom stereocenters. The Morgan fingerprint density at radius 2 is 1.96 bits per heavy atom. The first-order valence-electron chi connectivity index (χ1n) is 9.14. The zero-order valence-electron chi connectivity index (χ0n) is 15.2. The highest BCUT2D eigenvalue weighted by atomic mass is 16.2. The molecular weight excluding hydrogens is 328 g/mol. The van der Waals surface area contributed by atoms with E-state index >= 15 is 0 Å². The Labute approximate surface area is 153 Å². The van der Waals surface area contributed by atoms with Gasteiger partial charge < -0.3 is 14.8 Å². The number of para-hydroxylation sites is 2. The molecule has 0 saturated carbocycles. The first-order valence-corrected chi connectivity index (χ1v) is 9.14. The van der Waals surface area contributed by atoms with E-state index in [9.17, 15) is 9.59 Å². The second-order valence-corrected chi connectivity index (χ2v) is 7.16. The smallest absolute Gasteiger partial charge is 0.241 e. The highest BCUT2D eigenvalue weighted by Gasteiger charge is 2.32. The van der Waals surface area contributed by atoms with Gasteiger partial charge in [0.1, 0.15) is 0 Å². The van der Waals surface area contributed by atoms with Gasteiger partial charge in [0.2, 0.25) is 11.8 Å². The van der Waals surface area contributed by atoms with Crippen molar-refractivity contribution < 1.29 is 9.59 Å². The number of anilines is 2. The summed E-state index contributed by atoms with van der Waals surface area (Å²) < 4.78 is 2.25. The third-order valence-corrected chi connectivity index (χ3v) is 5.43. The van der Waals surface area contributed by atoms with E-state index in [-0.39, 0.29) is 23.9 Å². The number of hydrogen-bond acceptors (Lipinski definition) is 3. The maximum absolute atomic E-state index is 13.2. The van der Waals surface area contributed by atoms with Crippen LogP contribution in [0.4, 0.5) is 11.4 Å². The minimum Gasteiger partial charge on any atom is -0.349 e. The first kappa shape index (κ1) is 16.8. The molecule has 2 aliphatic rings. The second-order valence-electron chi connectivity index (χ2n) is 7.16. The molecule has 0 radical (unpaired) electrons. The van der Waals surface area contributed by atoms with Crippen molar-refractivity contribution in [3.05, 3.63) is 48.3 Å². The standard InChI is InChI=1S/C20H24N4O2/c1-14-12-19(25)21-16-6-3-4-7-18(16)24(14)20(26)13-23-11-10-22-9-5-8-17(22)15(23)2/h3-9,14-15H,10-13H2,1-2H3,(H,21,25). The third-order valence-electron chi connectivity index (χ3n) is 5.43. The lowest BCUT2D eigenvalue weighted by molar-refractivity contribution is -0.121. The number of fused-ring (bicyclic) bond motifs is 2. The highest BCUT2D eigenvalue weighted by molar-refractivity contribution is 6.04. The summed E-state index contributed by atoms with van der Waals surface area (Å²) in [6.07, 6.45) is 2.40. The van der Waals surface area contributed by atoms with Crippen LogP contribution in [0, 0.1) is 0 Å². The molecule has 2 aliphatic heterocycles. The van der Waals surface area contributed by atoms with Gasteiger partial charge in [-0.2, -0.15) is 0 Å². The molecule has 0 spiro atoms. The average molecular weight is 352 g/mol. The third kappa shape index (κ3) is 2.90. The van der Waals surface area contributed by atoms with Crippen LogP contribution < -0.4 is 10.2 Å². The van der Waals surface area contributed by atoms with Crippen LogP contribution in [-0.4, -0.2) is 40.4 Å². The Bertz CT molecular complexity index is 844. The predicted molar refractivity (Wildman–Crippen MR) is 101 cm³/mol. The lowest BCUT2D eigenvalue weighted by Gasteiger charge is -2.36. The molecule has 0 fully saturated rings.